The SMILES string of the molecule is CCOc1cc(C(=O)OCC(=O)NC(C)c2ccc3c(c2)CCCC3)c([N+](=O)[O-])cc1OC. The lowest BCUT2D eigenvalue weighted by atomic mass is 9.89. The van der Waals surface area contributed by atoms with E-state index in [1.54, 1.807) is 6.92 Å². The van der Waals surface area contributed by atoms with Crippen LogP contribution in [0.1, 0.15) is 59.8 Å². The first-order valence-electron chi connectivity index (χ1n) is 10.9. The van der Waals surface area contributed by atoms with Crippen LogP contribution in [0.15, 0.2) is 30.3 Å². The molecular weight excluding hydrogens is 428 g/mol. The number of amides is 1. The lowest BCUT2D eigenvalue weighted by Gasteiger charge is -2.20. The Balaban J connectivity index is 1.66. The first kappa shape index (κ1) is 24.0. The van der Waals surface area contributed by atoms with Crippen molar-refractivity contribution in [1.82, 2.24) is 5.32 Å². The van der Waals surface area contributed by atoms with E-state index in [1.807, 2.05) is 13.0 Å². The number of benzene rings is 2. The molecule has 0 aliphatic heterocycles. The van der Waals surface area contributed by atoms with Crippen LogP contribution in [0.4, 0.5) is 5.69 Å². The minimum absolute atomic E-state index is 0.122. The standard InChI is InChI=1S/C24H28N2O7/c1-4-32-22-12-19(20(26(29)30)13-21(22)31-3)24(28)33-14-23(27)25-15(2)17-10-9-16-7-5-6-8-18(16)11-17/h9-13,15H,4-8,14H2,1-3H3,(H,25,27). The Morgan fingerprint density at radius 3 is 2.52 bits per heavy atom. The molecule has 0 aromatic heterocycles. The van der Waals surface area contributed by atoms with Gasteiger partial charge in [-0.3, -0.25) is 14.9 Å². The number of rotatable bonds is 9. The predicted molar refractivity (Wildman–Crippen MR) is 121 cm³/mol. The zero-order valence-corrected chi connectivity index (χ0v) is 19.0. The highest BCUT2D eigenvalue weighted by atomic mass is 16.6. The van der Waals surface area contributed by atoms with Gasteiger partial charge in [0.2, 0.25) is 0 Å². The number of aryl methyl sites for hydroxylation is 2. The quantitative estimate of drug-likeness (QED) is 0.345. The van der Waals surface area contributed by atoms with E-state index in [-0.39, 0.29) is 29.7 Å². The smallest absolute Gasteiger partial charge is 0.345 e. The van der Waals surface area contributed by atoms with Crippen LogP contribution >= 0.6 is 0 Å². The van der Waals surface area contributed by atoms with Gasteiger partial charge in [0.1, 0.15) is 5.56 Å². The van der Waals surface area contributed by atoms with E-state index in [9.17, 15) is 19.7 Å². The number of nitro groups is 1. The summed E-state index contributed by atoms with van der Waals surface area (Å²) < 4.78 is 15.5. The van der Waals surface area contributed by atoms with Crippen LogP contribution in [-0.4, -0.2) is 37.1 Å². The van der Waals surface area contributed by atoms with E-state index in [0.717, 1.165) is 30.9 Å². The Morgan fingerprint density at radius 1 is 1.12 bits per heavy atom. The van der Waals surface area contributed by atoms with Crippen molar-refractivity contribution in [2.24, 2.45) is 0 Å². The molecule has 1 aliphatic carbocycles. The highest BCUT2D eigenvalue weighted by molar-refractivity contribution is 5.96. The Kier molecular flexibility index (Phi) is 7.87. The Bertz CT molecular complexity index is 1050. The molecule has 0 spiro atoms. The molecule has 1 amide bonds. The molecule has 1 N–H and O–H groups in total. The monoisotopic (exact) mass is 456 g/mol. The van der Waals surface area contributed by atoms with Gasteiger partial charge in [0.25, 0.3) is 11.6 Å². The molecule has 1 aliphatic rings. The van der Waals surface area contributed by atoms with Crippen molar-refractivity contribution in [2.75, 3.05) is 20.3 Å². The van der Waals surface area contributed by atoms with Crippen molar-refractivity contribution in [2.45, 2.75) is 45.6 Å². The molecule has 0 bridgehead atoms. The summed E-state index contributed by atoms with van der Waals surface area (Å²) in [4.78, 5) is 35.6. The number of esters is 1. The van der Waals surface area contributed by atoms with Crippen LogP contribution in [0.5, 0.6) is 11.5 Å². The summed E-state index contributed by atoms with van der Waals surface area (Å²) in [6.07, 6.45) is 4.47. The molecule has 9 heteroatoms. The maximum atomic E-state index is 12.5. The molecule has 0 fully saturated rings. The van der Waals surface area contributed by atoms with E-state index in [4.69, 9.17) is 14.2 Å². The van der Waals surface area contributed by atoms with E-state index in [1.165, 1.54) is 30.7 Å². The zero-order valence-electron chi connectivity index (χ0n) is 19.0. The third-order valence-electron chi connectivity index (χ3n) is 5.58. The number of hydrogen-bond acceptors (Lipinski definition) is 7. The largest absolute Gasteiger partial charge is 0.493 e. The average Bonchev–Trinajstić information content (AvgIpc) is 2.81. The molecule has 1 atom stereocenters. The summed E-state index contributed by atoms with van der Waals surface area (Å²) in [6.45, 7) is 3.28. The minimum atomic E-state index is -0.998. The molecule has 0 heterocycles. The molecule has 176 valence electrons. The second kappa shape index (κ2) is 10.8. The van der Waals surface area contributed by atoms with Crippen LogP contribution in [0.25, 0.3) is 0 Å². The lowest BCUT2D eigenvalue weighted by Crippen LogP contribution is -2.31. The van der Waals surface area contributed by atoms with E-state index in [0.29, 0.717) is 0 Å². The van der Waals surface area contributed by atoms with Crippen molar-refractivity contribution in [1.29, 1.82) is 0 Å². The number of methoxy groups -OCH3 is 1. The molecule has 9 nitrogen and oxygen atoms in total. The van der Waals surface area contributed by atoms with Gasteiger partial charge in [0.15, 0.2) is 18.1 Å². The molecule has 0 radical (unpaired) electrons. The fourth-order valence-electron chi connectivity index (χ4n) is 3.89. The van der Waals surface area contributed by atoms with Crippen LogP contribution < -0.4 is 14.8 Å². The number of fused-ring (bicyclic) bond motifs is 1. The Morgan fingerprint density at radius 2 is 1.85 bits per heavy atom. The first-order chi connectivity index (χ1) is 15.8. The highest BCUT2D eigenvalue weighted by Crippen LogP contribution is 2.35. The van der Waals surface area contributed by atoms with E-state index in [2.05, 4.69) is 17.4 Å². The zero-order chi connectivity index (χ0) is 24.0. The summed E-state index contributed by atoms with van der Waals surface area (Å²) >= 11 is 0. The second-order valence-electron chi connectivity index (χ2n) is 7.81. The van der Waals surface area contributed by atoms with Gasteiger partial charge in [0, 0.05) is 6.07 Å². The molecule has 3 rings (SSSR count). The molecule has 0 saturated carbocycles. The highest BCUT2D eigenvalue weighted by Gasteiger charge is 2.26. The van der Waals surface area contributed by atoms with Crippen molar-refractivity contribution >= 4 is 17.6 Å². The van der Waals surface area contributed by atoms with Gasteiger partial charge >= 0.3 is 5.97 Å². The number of carbonyl (C=O) groups is 2. The molecular formula is C24H28N2O7. The van der Waals surface area contributed by atoms with Gasteiger partial charge in [0.05, 0.1) is 30.7 Å². The molecule has 0 saturated heterocycles. The number of ether oxygens (including phenoxy) is 3. The molecule has 2 aromatic rings. The maximum absolute atomic E-state index is 12.5. The van der Waals surface area contributed by atoms with E-state index < -0.39 is 29.1 Å². The Hall–Kier alpha value is -3.62. The van der Waals surface area contributed by atoms with Gasteiger partial charge < -0.3 is 19.5 Å². The van der Waals surface area contributed by atoms with Crippen LogP contribution in [0.2, 0.25) is 0 Å². The fraction of sp³-hybridized carbons (Fsp3) is 0.417. The number of carbonyl (C=O) groups excluding carboxylic acids is 2. The summed E-state index contributed by atoms with van der Waals surface area (Å²) in [5, 5.41) is 14.2. The summed E-state index contributed by atoms with van der Waals surface area (Å²) in [7, 11) is 1.34. The van der Waals surface area contributed by atoms with Crippen molar-refractivity contribution in [3.63, 3.8) is 0 Å². The van der Waals surface area contributed by atoms with Crippen molar-refractivity contribution in [3.05, 3.63) is 62.7 Å². The van der Waals surface area contributed by atoms with Gasteiger partial charge in [-0.05, 0) is 56.2 Å². The van der Waals surface area contributed by atoms with Crippen LogP contribution in [-0.2, 0) is 22.4 Å². The predicted octanol–water partition coefficient (Wildman–Crippen LogP) is 3.92. The lowest BCUT2D eigenvalue weighted by molar-refractivity contribution is -0.385. The van der Waals surface area contributed by atoms with E-state index >= 15 is 0 Å². The third kappa shape index (κ3) is 5.79. The van der Waals surface area contributed by atoms with Gasteiger partial charge in [-0.1, -0.05) is 18.2 Å². The molecule has 1 unspecified atom stereocenters. The fourth-order valence-corrected chi connectivity index (χ4v) is 3.89. The van der Waals surface area contributed by atoms with Crippen LogP contribution in [0.3, 0.4) is 0 Å². The minimum Gasteiger partial charge on any atom is -0.493 e. The Labute approximate surface area is 192 Å². The first-order valence-corrected chi connectivity index (χ1v) is 10.9. The van der Waals surface area contributed by atoms with Crippen molar-refractivity contribution in [3.8, 4) is 11.5 Å². The van der Waals surface area contributed by atoms with Gasteiger partial charge in [-0.15, -0.1) is 0 Å². The van der Waals surface area contributed by atoms with Gasteiger partial charge in [-0.2, -0.15) is 0 Å². The number of hydrogen-bond donors (Lipinski definition) is 1. The van der Waals surface area contributed by atoms with Crippen molar-refractivity contribution < 1.29 is 28.7 Å². The number of nitrogens with one attached hydrogen (secondary N) is 1. The second-order valence-corrected chi connectivity index (χ2v) is 7.81. The molecule has 33 heavy (non-hydrogen) atoms. The normalized spacial score (nSPS) is 13.4. The topological polar surface area (TPSA) is 117 Å². The summed E-state index contributed by atoms with van der Waals surface area (Å²) in [5.41, 5.74) is 2.82. The van der Waals surface area contributed by atoms with Gasteiger partial charge in [-0.25, -0.2) is 4.79 Å². The van der Waals surface area contributed by atoms with Crippen LogP contribution in [0, 0.1) is 10.1 Å². The number of nitrogens with zero attached hydrogens (tertiary/aromatic N) is 1. The maximum Gasteiger partial charge on any atom is 0.345 e. The summed E-state index contributed by atoms with van der Waals surface area (Å²) in [5.74, 6) is -1.21. The average molecular weight is 456 g/mol. The number of nitro benzene ring substituents is 1. The third-order valence-corrected chi connectivity index (χ3v) is 5.58. The molecule has 2 aromatic carbocycles. The summed E-state index contributed by atoms with van der Waals surface area (Å²) in [6, 6.07) is 8.23.